The van der Waals surface area contributed by atoms with Crippen LogP contribution in [0.5, 0.6) is 0 Å². The topological polar surface area (TPSA) is 62.5 Å². The van der Waals surface area contributed by atoms with E-state index in [1.807, 2.05) is 25.6 Å². The molecule has 0 aromatic carbocycles. The Morgan fingerprint density at radius 3 is 2.73 bits per heavy atom. The predicted octanol–water partition coefficient (Wildman–Crippen LogP) is 3.25. The van der Waals surface area contributed by atoms with Crippen molar-refractivity contribution >= 4 is 41.7 Å². The Morgan fingerprint density at radius 1 is 1.41 bits per heavy atom. The van der Waals surface area contributed by atoms with Crippen molar-refractivity contribution in [1.29, 1.82) is 0 Å². The van der Waals surface area contributed by atoms with Crippen molar-refractivity contribution in [2.45, 2.75) is 51.8 Å². The minimum Gasteiger partial charge on any atom is -0.444 e. The summed E-state index contributed by atoms with van der Waals surface area (Å²) in [7, 11) is 0. The lowest BCUT2D eigenvalue weighted by Crippen LogP contribution is -2.43. The molecular weight excluding hydrogens is 411 g/mol. The molecule has 1 aromatic rings. The predicted molar refractivity (Wildman–Crippen MR) is 104 cm³/mol. The molecule has 2 heterocycles. The molecule has 1 atom stereocenters. The van der Waals surface area contributed by atoms with Gasteiger partial charge in [0, 0.05) is 17.8 Å². The Labute approximate surface area is 154 Å². The molecule has 126 valence electrons. The quantitative estimate of drug-likeness (QED) is 0.420. The number of aliphatic imine (C=N–C) groups is 1. The van der Waals surface area contributed by atoms with Gasteiger partial charge >= 0.3 is 0 Å². The summed E-state index contributed by atoms with van der Waals surface area (Å²) in [4.78, 5) is 8.92. The molecule has 2 N–H and O–H groups in total. The molecule has 2 rings (SSSR count). The van der Waals surface area contributed by atoms with Crippen LogP contribution in [0, 0.1) is 13.8 Å². The lowest BCUT2D eigenvalue weighted by atomic mass is 10.1. The number of nitrogens with one attached hydrogen (secondary N) is 2. The average molecular weight is 438 g/mol. The number of guanidine groups is 1. The maximum atomic E-state index is 5.56. The van der Waals surface area contributed by atoms with E-state index in [1.54, 1.807) is 0 Å². The molecule has 0 saturated carbocycles. The van der Waals surface area contributed by atoms with Crippen LogP contribution >= 0.6 is 35.7 Å². The van der Waals surface area contributed by atoms with Gasteiger partial charge in [-0.2, -0.15) is 11.8 Å². The summed E-state index contributed by atoms with van der Waals surface area (Å²) < 4.78 is 5.89. The van der Waals surface area contributed by atoms with Gasteiger partial charge in [-0.1, -0.05) is 0 Å². The Morgan fingerprint density at radius 2 is 2.18 bits per heavy atom. The fourth-order valence-electron chi connectivity index (χ4n) is 2.34. The van der Waals surface area contributed by atoms with Crippen molar-refractivity contribution in [3.63, 3.8) is 0 Å². The minimum absolute atomic E-state index is 0. The number of aryl methyl sites for hydroxylation is 2. The van der Waals surface area contributed by atoms with Gasteiger partial charge in [0.1, 0.15) is 12.3 Å². The van der Waals surface area contributed by atoms with Crippen molar-refractivity contribution < 1.29 is 4.42 Å². The summed E-state index contributed by atoms with van der Waals surface area (Å²) in [5.74, 6) is 3.64. The molecule has 5 nitrogen and oxygen atoms in total. The van der Waals surface area contributed by atoms with Crippen LogP contribution in [0.4, 0.5) is 0 Å². The first-order valence-electron chi connectivity index (χ1n) is 7.61. The lowest BCUT2D eigenvalue weighted by Gasteiger charge is -2.24. The maximum Gasteiger partial charge on any atom is 0.216 e. The first-order chi connectivity index (χ1) is 10.0. The van der Waals surface area contributed by atoms with E-state index in [0.717, 1.165) is 30.5 Å². The number of aromatic nitrogens is 1. The van der Waals surface area contributed by atoms with E-state index < -0.39 is 0 Å². The molecule has 1 unspecified atom stereocenters. The van der Waals surface area contributed by atoms with Gasteiger partial charge in [-0.15, -0.1) is 24.0 Å². The van der Waals surface area contributed by atoms with Gasteiger partial charge in [0.05, 0.1) is 5.69 Å². The van der Waals surface area contributed by atoms with Crippen LogP contribution < -0.4 is 10.6 Å². The highest BCUT2D eigenvalue weighted by atomic mass is 127. The summed E-state index contributed by atoms with van der Waals surface area (Å²) in [6, 6.07) is 0. The van der Waals surface area contributed by atoms with E-state index in [-0.39, 0.29) is 24.0 Å². The van der Waals surface area contributed by atoms with Crippen LogP contribution in [0.25, 0.3) is 0 Å². The van der Waals surface area contributed by atoms with E-state index in [9.17, 15) is 0 Å². The van der Waals surface area contributed by atoms with Crippen LogP contribution in [-0.4, -0.2) is 34.5 Å². The molecule has 0 aliphatic carbocycles. The number of oxazole rings is 1. The third kappa shape index (κ3) is 5.64. The monoisotopic (exact) mass is 438 g/mol. The summed E-state index contributed by atoms with van der Waals surface area (Å²) in [5.41, 5.74) is 0.938. The number of hydrogen-bond acceptors (Lipinski definition) is 4. The zero-order valence-corrected chi connectivity index (χ0v) is 17.0. The van der Waals surface area contributed by atoms with Gasteiger partial charge in [0.25, 0.3) is 0 Å². The van der Waals surface area contributed by atoms with Crippen molar-refractivity contribution in [1.82, 2.24) is 15.6 Å². The van der Waals surface area contributed by atoms with Crippen molar-refractivity contribution in [2.75, 3.05) is 18.8 Å². The van der Waals surface area contributed by atoms with Crippen molar-refractivity contribution in [3.05, 3.63) is 17.3 Å². The van der Waals surface area contributed by atoms with Crippen molar-refractivity contribution in [2.24, 2.45) is 4.99 Å². The second kappa shape index (κ2) is 9.00. The van der Waals surface area contributed by atoms with Gasteiger partial charge in [0.2, 0.25) is 5.89 Å². The molecule has 0 bridgehead atoms. The normalized spacial score (nSPS) is 21.5. The smallest absolute Gasteiger partial charge is 0.216 e. The fraction of sp³-hybridized carbons (Fsp3) is 0.733. The summed E-state index contributed by atoms with van der Waals surface area (Å²) >= 11 is 2.05. The van der Waals surface area contributed by atoms with Crippen LogP contribution in [0.15, 0.2) is 9.41 Å². The van der Waals surface area contributed by atoms with E-state index in [1.165, 1.54) is 18.6 Å². The van der Waals surface area contributed by atoms with E-state index in [0.29, 0.717) is 17.2 Å². The number of rotatable bonds is 5. The standard InChI is InChI=1S/C15H26N4OS.HI/c1-5-16-14(18-10-15(4)7-6-8-21-15)17-9-13-19-11(2)12(3)20-13;/h5-10H2,1-4H3,(H2,16,17,18);1H. The third-order valence-electron chi connectivity index (χ3n) is 3.72. The zero-order chi connectivity index (χ0) is 15.3. The molecule has 0 spiro atoms. The average Bonchev–Trinajstić information content (AvgIpc) is 3.01. The number of halogens is 1. The van der Waals surface area contributed by atoms with Crippen LogP contribution in [0.1, 0.15) is 44.0 Å². The molecule has 1 saturated heterocycles. The minimum atomic E-state index is 0. The highest BCUT2D eigenvalue weighted by Crippen LogP contribution is 2.36. The highest BCUT2D eigenvalue weighted by molar-refractivity contribution is 14.0. The van der Waals surface area contributed by atoms with E-state index >= 15 is 0 Å². The zero-order valence-electron chi connectivity index (χ0n) is 13.9. The van der Waals surface area contributed by atoms with Gasteiger partial charge in [-0.05, 0) is 46.3 Å². The van der Waals surface area contributed by atoms with Crippen LogP contribution in [-0.2, 0) is 6.54 Å². The SMILES string of the molecule is CCNC(=NCc1nc(C)c(C)o1)NCC1(C)CCCS1.I. The van der Waals surface area contributed by atoms with E-state index in [2.05, 4.69) is 34.5 Å². The molecule has 1 aliphatic heterocycles. The third-order valence-corrected chi connectivity index (χ3v) is 5.26. The van der Waals surface area contributed by atoms with Gasteiger partial charge < -0.3 is 15.1 Å². The Balaban J connectivity index is 0.00000242. The summed E-state index contributed by atoms with van der Waals surface area (Å²) in [6.07, 6.45) is 2.58. The summed E-state index contributed by atoms with van der Waals surface area (Å²) in [6.45, 7) is 10.5. The largest absolute Gasteiger partial charge is 0.444 e. The molecule has 7 heteroatoms. The van der Waals surface area contributed by atoms with Gasteiger partial charge in [-0.25, -0.2) is 9.98 Å². The Kier molecular flexibility index (Phi) is 8.02. The molecule has 1 aromatic heterocycles. The maximum absolute atomic E-state index is 5.56. The Hall–Kier alpha value is -0.440. The van der Waals surface area contributed by atoms with Crippen molar-refractivity contribution in [3.8, 4) is 0 Å². The molecule has 0 amide bonds. The number of thioether (sulfide) groups is 1. The summed E-state index contributed by atoms with van der Waals surface area (Å²) in [5, 5.41) is 6.72. The van der Waals surface area contributed by atoms with E-state index in [4.69, 9.17) is 4.42 Å². The van der Waals surface area contributed by atoms with Crippen LogP contribution in [0.2, 0.25) is 0 Å². The second-order valence-corrected chi connectivity index (χ2v) is 7.38. The van der Waals surface area contributed by atoms with Crippen LogP contribution in [0.3, 0.4) is 0 Å². The number of nitrogens with zero attached hydrogens (tertiary/aromatic N) is 2. The highest BCUT2D eigenvalue weighted by Gasteiger charge is 2.29. The second-order valence-electron chi connectivity index (χ2n) is 5.70. The first-order valence-corrected chi connectivity index (χ1v) is 8.60. The molecule has 1 fully saturated rings. The molecule has 1 aliphatic rings. The Bertz CT molecular complexity index is 478. The molecule has 22 heavy (non-hydrogen) atoms. The molecule has 0 radical (unpaired) electrons. The molecular formula is C15H27IN4OS. The van der Waals surface area contributed by atoms with Gasteiger partial charge in [0.15, 0.2) is 5.96 Å². The van der Waals surface area contributed by atoms with Gasteiger partial charge in [-0.3, -0.25) is 0 Å². The fourth-order valence-corrected chi connectivity index (χ4v) is 3.59. The first kappa shape index (κ1) is 19.6. The number of hydrogen-bond donors (Lipinski definition) is 2. The lowest BCUT2D eigenvalue weighted by molar-refractivity contribution is 0.472.